The zero-order chi connectivity index (χ0) is 23.4. The van der Waals surface area contributed by atoms with Gasteiger partial charge in [-0.15, -0.1) is 5.09 Å². The maximum Gasteiger partial charge on any atom is 0.544 e. The summed E-state index contributed by atoms with van der Waals surface area (Å²) in [5.41, 5.74) is -1.28. The molecule has 4 N–H and O–H groups in total. The molecule has 4 atom stereocenters. The fraction of sp³-hybridized carbons (Fsp3) is 0.286. The van der Waals surface area contributed by atoms with Gasteiger partial charge in [0, 0.05) is 24.1 Å². The molecule has 0 amide bonds. The second-order valence-electron chi connectivity index (χ2n) is 7.38. The average molecular weight is 476 g/mol. The molecule has 1 aromatic heterocycles. The third-order valence-electron chi connectivity index (χ3n) is 5.07. The molecule has 0 bridgehead atoms. The van der Waals surface area contributed by atoms with Crippen LogP contribution in [0.4, 0.5) is 0 Å². The summed E-state index contributed by atoms with van der Waals surface area (Å²) in [4.78, 5) is 47.3. The van der Waals surface area contributed by atoms with Crippen LogP contribution in [0, 0.1) is 0 Å². The van der Waals surface area contributed by atoms with Gasteiger partial charge < -0.3 is 14.6 Å². The lowest BCUT2D eigenvalue weighted by Gasteiger charge is -2.19. The average Bonchev–Trinajstić information content (AvgIpc) is 3.17. The van der Waals surface area contributed by atoms with Crippen LogP contribution in [0.25, 0.3) is 10.8 Å². The molecule has 33 heavy (non-hydrogen) atoms. The maximum absolute atomic E-state index is 12.0. The van der Waals surface area contributed by atoms with E-state index in [1.54, 1.807) is 12.1 Å². The number of aromatic amines is 1. The molecule has 12 heteroatoms. The first-order chi connectivity index (χ1) is 15.9. The number of hydrogen-bond donors (Lipinski definition) is 4. The Hall–Kier alpha value is -2.92. The third-order valence-corrected chi connectivity index (χ3v) is 6.60. The highest BCUT2D eigenvalue weighted by Gasteiger charge is 2.46. The van der Waals surface area contributed by atoms with Crippen LogP contribution in [0.1, 0.15) is 12.6 Å². The Morgan fingerprint density at radius 2 is 2.00 bits per heavy atom. The van der Waals surface area contributed by atoms with E-state index in [1.165, 1.54) is 6.20 Å². The monoisotopic (exact) mass is 476 g/mol. The van der Waals surface area contributed by atoms with Crippen molar-refractivity contribution in [2.75, 3.05) is 13.2 Å². The molecule has 4 rings (SSSR count). The van der Waals surface area contributed by atoms with E-state index in [0.717, 1.165) is 21.4 Å². The third kappa shape index (κ3) is 5.36. The molecule has 1 aliphatic rings. The predicted octanol–water partition coefficient (Wildman–Crippen LogP) is 0.892. The van der Waals surface area contributed by atoms with Gasteiger partial charge in [-0.25, -0.2) is 4.79 Å². The first kappa shape index (κ1) is 23.2. The number of nitrogens with one attached hydrogen (secondary N) is 2. The number of rotatable bonds is 9. The van der Waals surface area contributed by atoms with Crippen LogP contribution in [0.15, 0.2) is 64.3 Å². The van der Waals surface area contributed by atoms with Crippen LogP contribution < -0.4 is 20.9 Å². The molecule has 2 aromatic carbocycles. The molecule has 2 heterocycles. The summed E-state index contributed by atoms with van der Waals surface area (Å²) in [6, 6.07) is 13.9. The quantitative estimate of drug-likeness (QED) is 0.261. The van der Waals surface area contributed by atoms with Crippen molar-refractivity contribution in [2.45, 2.75) is 24.9 Å². The second kappa shape index (κ2) is 9.92. The van der Waals surface area contributed by atoms with Crippen molar-refractivity contribution in [1.82, 2.24) is 14.6 Å². The molecule has 1 saturated heterocycles. The smallest absolute Gasteiger partial charge is 0.388 e. The number of hydrogen-bond acceptors (Lipinski definition) is 9. The van der Waals surface area contributed by atoms with Crippen molar-refractivity contribution in [3.05, 3.63) is 75.6 Å². The van der Waals surface area contributed by atoms with Gasteiger partial charge in [-0.05, 0) is 11.5 Å². The summed E-state index contributed by atoms with van der Waals surface area (Å²) in [7, 11) is -3.75. The van der Waals surface area contributed by atoms with E-state index in [-0.39, 0.29) is 19.6 Å². The number of nitrogens with zero attached hydrogens (tertiary/aromatic N) is 1. The number of H-pyrrole nitrogens is 1. The van der Waals surface area contributed by atoms with Gasteiger partial charge in [-0.2, -0.15) is 9.42 Å². The molecular weight excluding hydrogens is 453 g/mol. The Kier molecular flexibility index (Phi) is 6.99. The first-order valence-electron chi connectivity index (χ1n) is 10.2. The summed E-state index contributed by atoms with van der Waals surface area (Å²) in [5, 5.41) is 14.6. The Labute approximate surface area is 188 Å². The minimum absolute atomic E-state index is 0.109. The zero-order valence-corrected chi connectivity index (χ0v) is 18.3. The molecule has 0 saturated carbocycles. The molecule has 174 valence electrons. The van der Waals surface area contributed by atoms with Crippen molar-refractivity contribution < 1.29 is 28.6 Å². The Balaban J connectivity index is 1.48. The number of ether oxygens (including phenoxy) is 1. The largest absolute Gasteiger partial charge is 0.544 e. The van der Waals surface area contributed by atoms with E-state index in [2.05, 4.69) is 10.1 Å². The Morgan fingerprint density at radius 1 is 1.21 bits per heavy atom. The normalized spacial score (nSPS) is 22.2. The van der Waals surface area contributed by atoms with Gasteiger partial charge in [0.15, 0.2) is 12.0 Å². The molecule has 1 aliphatic heterocycles. The summed E-state index contributed by atoms with van der Waals surface area (Å²) in [5.74, 6) is 0.368. The molecule has 11 nitrogen and oxygen atoms in total. The van der Waals surface area contributed by atoms with E-state index < -0.39 is 37.8 Å². The number of carbonyl (C=O) groups excluding carboxylic acids is 1. The number of carbonyl (C=O) groups is 1. The van der Waals surface area contributed by atoms with Gasteiger partial charge in [-0.3, -0.25) is 18.9 Å². The standard InChI is InChI=1S/C21H22N3O8P/c25-11-9-22-33(29,32-18-7-3-5-14-4-1-2-6-16(14)18)30-13-15-12-17(26)20(31-15)24-10-8-19(27)23-21(24)28/h1-8,10-11,15,17,20,22,26,29H,9,12-13H2/p+1. The molecule has 3 aromatic rings. The van der Waals surface area contributed by atoms with Crippen LogP contribution >= 0.6 is 8.09 Å². The molecule has 4 unspecified atom stereocenters. The van der Waals surface area contributed by atoms with Crippen LogP contribution in [-0.4, -0.2) is 51.2 Å². The minimum atomic E-state index is -3.75. The van der Waals surface area contributed by atoms with E-state index in [0.29, 0.717) is 12.0 Å². The summed E-state index contributed by atoms with van der Waals surface area (Å²) < 4.78 is 18.2. The van der Waals surface area contributed by atoms with E-state index in [4.69, 9.17) is 13.8 Å². The summed E-state index contributed by atoms with van der Waals surface area (Å²) in [6.45, 7) is -0.398. The van der Waals surface area contributed by atoms with Crippen LogP contribution in [0.3, 0.4) is 0 Å². The fourth-order valence-electron chi connectivity index (χ4n) is 3.56. The first-order valence-corrected chi connectivity index (χ1v) is 11.7. The van der Waals surface area contributed by atoms with Gasteiger partial charge in [0.1, 0.15) is 19.0 Å². The fourth-order valence-corrected chi connectivity index (χ4v) is 4.87. The van der Waals surface area contributed by atoms with Gasteiger partial charge in [0.25, 0.3) is 5.56 Å². The van der Waals surface area contributed by atoms with E-state index in [1.807, 2.05) is 30.3 Å². The van der Waals surface area contributed by atoms with E-state index in [9.17, 15) is 24.4 Å². The highest BCUT2D eigenvalue weighted by atomic mass is 31.2. The van der Waals surface area contributed by atoms with Crippen LogP contribution in [-0.2, 0) is 14.1 Å². The zero-order valence-electron chi connectivity index (χ0n) is 17.4. The Morgan fingerprint density at radius 3 is 2.79 bits per heavy atom. The summed E-state index contributed by atoms with van der Waals surface area (Å²) in [6.07, 6.45) is -0.860. The molecule has 0 aliphatic carbocycles. The molecule has 0 radical (unpaired) electrons. The highest BCUT2D eigenvalue weighted by Crippen LogP contribution is 2.53. The Bertz CT molecular complexity index is 1240. The van der Waals surface area contributed by atoms with Crippen molar-refractivity contribution in [1.29, 1.82) is 0 Å². The van der Waals surface area contributed by atoms with Crippen LogP contribution in [0.2, 0.25) is 0 Å². The van der Waals surface area contributed by atoms with Crippen molar-refractivity contribution in [3.63, 3.8) is 0 Å². The van der Waals surface area contributed by atoms with Crippen molar-refractivity contribution in [3.8, 4) is 5.75 Å². The van der Waals surface area contributed by atoms with Crippen molar-refractivity contribution >= 4 is 25.2 Å². The minimum Gasteiger partial charge on any atom is -0.388 e. The van der Waals surface area contributed by atoms with Gasteiger partial charge in [-0.1, -0.05) is 36.4 Å². The van der Waals surface area contributed by atoms with Crippen LogP contribution in [0.5, 0.6) is 5.75 Å². The van der Waals surface area contributed by atoms with Crippen molar-refractivity contribution in [2.24, 2.45) is 0 Å². The van der Waals surface area contributed by atoms with Gasteiger partial charge >= 0.3 is 13.8 Å². The second-order valence-corrected chi connectivity index (χ2v) is 9.18. The highest BCUT2D eigenvalue weighted by molar-refractivity contribution is 7.58. The number of benzene rings is 2. The SMILES string of the molecule is O=CCN[P+](O)(OCC1CC(O)C(n2ccc(=O)[nH]c2=O)O1)Oc1cccc2ccccc12. The lowest BCUT2D eigenvalue weighted by atomic mass is 10.1. The molecular formula is C21H23N3O8P+. The lowest BCUT2D eigenvalue weighted by molar-refractivity contribution is -0.107. The lowest BCUT2D eigenvalue weighted by Crippen LogP contribution is -2.35. The number of aromatic nitrogens is 2. The van der Waals surface area contributed by atoms with Gasteiger partial charge in [0.05, 0.1) is 12.6 Å². The van der Waals surface area contributed by atoms with Gasteiger partial charge in [0.2, 0.25) is 0 Å². The number of fused-ring (bicyclic) bond motifs is 1. The maximum atomic E-state index is 12.0. The summed E-state index contributed by atoms with van der Waals surface area (Å²) >= 11 is 0. The molecule has 0 spiro atoms. The number of aldehydes is 1. The number of aliphatic hydroxyl groups is 1. The van der Waals surface area contributed by atoms with E-state index >= 15 is 0 Å². The predicted molar refractivity (Wildman–Crippen MR) is 120 cm³/mol. The molecule has 1 fully saturated rings. The topological polar surface area (TPSA) is 152 Å². The number of aliphatic hydroxyl groups excluding tert-OH is 1.